The van der Waals surface area contributed by atoms with Gasteiger partial charge in [-0.2, -0.15) is 11.8 Å². The average molecular weight is 334 g/mol. The van der Waals surface area contributed by atoms with Gasteiger partial charge in [-0.1, -0.05) is 25.1 Å². The van der Waals surface area contributed by atoms with Crippen LogP contribution in [0, 0.1) is 5.92 Å². The first-order chi connectivity index (χ1) is 11.2. The highest BCUT2D eigenvalue weighted by Gasteiger charge is 2.23. The van der Waals surface area contributed by atoms with Crippen molar-refractivity contribution in [1.82, 2.24) is 10.2 Å². The zero-order chi connectivity index (χ0) is 16.7. The van der Waals surface area contributed by atoms with E-state index in [4.69, 9.17) is 0 Å². The van der Waals surface area contributed by atoms with Gasteiger partial charge in [-0.25, -0.2) is 0 Å². The third-order valence-corrected chi connectivity index (χ3v) is 4.96. The number of hydrogen-bond donors (Lipinski definition) is 1. The van der Waals surface area contributed by atoms with Crippen molar-refractivity contribution in [2.45, 2.75) is 26.2 Å². The smallest absolute Gasteiger partial charge is 0.251 e. The number of amides is 2. The number of piperidine rings is 1. The van der Waals surface area contributed by atoms with Gasteiger partial charge in [-0.15, -0.1) is 0 Å². The maximum absolute atomic E-state index is 12.3. The molecule has 1 aromatic rings. The van der Waals surface area contributed by atoms with Gasteiger partial charge >= 0.3 is 0 Å². The molecule has 1 saturated heterocycles. The van der Waals surface area contributed by atoms with Gasteiger partial charge < -0.3 is 10.2 Å². The van der Waals surface area contributed by atoms with E-state index in [1.54, 1.807) is 11.8 Å². The Morgan fingerprint density at radius 3 is 2.61 bits per heavy atom. The zero-order valence-corrected chi connectivity index (χ0v) is 14.8. The van der Waals surface area contributed by atoms with Crippen molar-refractivity contribution in [2.24, 2.45) is 5.92 Å². The summed E-state index contributed by atoms with van der Waals surface area (Å²) in [5, 5.41) is 3.07. The number of carbonyl (C=O) groups is 2. The van der Waals surface area contributed by atoms with Crippen LogP contribution in [-0.4, -0.2) is 48.4 Å². The van der Waals surface area contributed by atoms with Crippen LogP contribution in [-0.2, 0) is 11.2 Å². The molecule has 1 aliphatic rings. The minimum absolute atomic E-state index is 0.0170. The fraction of sp³-hybridized carbons (Fsp3) is 0.556. The van der Waals surface area contributed by atoms with Gasteiger partial charge in [-0.05, 0) is 43.1 Å². The highest BCUT2D eigenvalue weighted by Crippen LogP contribution is 2.17. The fourth-order valence-electron chi connectivity index (χ4n) is 2.98. The van der Waals surface area contributed by atoms with Crippen molar-refractivity contribution in [3.8, 4) is 0 Å². The van der Waals surface area contributed by atoms with Crippen LogP contribution in [0.4, 0.5) is 0 Å². The summed E-state index contributed by atoms with van der Waals surface area (Å²) in [5.41, 5.74) is 1.87. The Bertz CT molecular complexity index is 540. The second-order valence-electron chi connectivity index (χ2n) is 5.98. The maximum atomic E-state index is 12.3. The van der Waals surface area contributed by atoms with Crippen LogP contribution in [0.25, 0.3) is 0 Å². The number of nitrogens with one attached hydrogen (secondary N) is 1. The summed E-state index contributed by atoms with van der Waals surface area (Å²) in [7, 11) is 0. The number of carbonyl (C=O) groups excluding carboxylic acids is 2. The normalized spacial score (nSPS) is 15.5. The molecule has 1 aromatic carbocycles. The van der Waals surface area contributed by atoms with Crippen LogP contribution in [0.3, 0.4) is 0 Å². The second-order valence-corrected chi connectivity index (χ2v) is 6.84. The molecule has 126 valence electrons. The highest BCUT2D eigenvalue weighted by molar-refractivity contribution is 7.99. The molecule has 0 aromatic heterocycles. The average Bonchev–Trinajstić information content (AvgIpc) is 2.60. The molecule has 0 aliphatic carbocycles. The minimum Gasteiger partial charge on any atom is -0.352 e. The quantitative estimate of drug-likeness (QED) is 0.870. The molecule has 23 heavy (non-hydrogen) atoms. The van der Waals surface area contributed by atoms with E-state index in [2.05, 4.69) is 12.2 Å². The van der Waals surface area contributed by atoms with E-state index in [-0.39, 0.29) is 11.8 Å². The summed E-state index contributed by atoms with van der Waals surface area (Å²) in [6.07, 6.45) is 4.75. The van der Waals surface area contributed by atoms with Gasteiger partial charge in [0.2, 0.25) is 5.91 Å². The van der Waals surface area contributed by atoms with Crippen LogP contribution >= 0.6 is 11.8 Å². The van der Waals surface area contributed by atoms with Crippen molar-refractivity contribution < 1.29 is 9.59 Å². The van der Waals surface area contributed by atoms with Gasteiger partial charge in [0.1, 0.15) is 0 Å². The Hall–Kier alpha value is -1.49. The molecule has 1 N–H and O–H groups in total. The number of likely N-dealkylation sites (tertiary alicyclic amines) is 1. The predicted molar refractivity (Wildman–Crippen MR) is 95.8 cm³/mol. The van der Waals surface area contributed by atoms with E-state index in [0.29, 0.717) is 18.2 Å². The zero-order valence-electron chi connectivity index (χ0n) is 14.0. The van der Waals surface area contributed by atoms with Crippen LogP contribution in [0.5, 0.6) is 0 Å². The lowest BCUT2D eigenvalue weighted by Gasteiger charge is -2.32. The van der Waals surface area contributed by atoms with Crippen LogP contribution in [0.2, 0.25) is 0 Å². The lowest BCUT2D eigenvalue weighted by molar-refractivity contribution is -0.129. The number of aryl methyl sites for hydroxylation is 1. The van der Waals surface area contributed by atoms with Crippen LogP contribution in [0.15, 0.2) is 24.3 Å². The Labute approximate surface area is 143 Å². The molecule has 4 nitrogen and oxygen atoms in total. The molecule has 1 aliphatic heterocycles. The van der Waals surface area contributed by atoms with E-state index < -0.39 is 0 Å². The summed E-state index contributed by atoms with van der Waals surface area (Å²) in [5.74, 6) is 1.28. The highest BCUT2D eigenvalue weighted by atomic mass is 32.2. The fourth-order valence-corrected chi connectivity index (χ4v) is 3.41. The first-order valence-electron chi connectivity index (χ1n) is 8.28. The predicted octanol–water partition coefficient (Wildman–Crippen LogP) is 2.58. The molecule has 2 amide bonds. The first kappa shape index (κ1) is 17.9. The van der Waals surface area contributed by atoms with Gasteiger partial charge in [0.25, 0.3) is 5.91 Å². The van der Waals surface area contributed by atoms with Crippen molar-refractivity contribution in [1.29, 1.82) is 0 Å². The van der Waals surface area contributed by atoms with Crippen molar-refractivity contribution in [3.05, 3.63) is 35.4 Å². The summed E-state index contributed by atoms with van der Waals surface area (Å²) in [4.78, 5) is 26.2. The van der Waals surface area contributed by atoms with E-state index in [0.717, 1.165) is 43.5 Å². The summed E-state index contributed by atoms with van der Waals surface area (Å²) < 4.78 is 0. The van der Waals surface area contributed by atoms with Crippen molar-refractivity contribution in [3.63, 3.8) is 0 Å². The summed E-state index contributed by atoms with van der Waals surface area (Å²) >= 11 is 1.57. The third-order valence-electron chi connectivity index (χ3n) is 4.43. The molecule has 1 heterocycles. The lowest BCUT2D eigenvalue weighted by atomic mass is 9.96. The maximum Gasteiger partial charge on any atom is 0.251 e. The second kappa shape index (κ2) is 8.96. The van der Waals surface area contributed by atoms with E-state index in [9.17, 15) is 9.59 Å². The molecule has 0 spiro atoms. The van der Waals surface area contributed by atoms with Gasteiger partial charge in [-0.3, -0.25) is 9.59 Å². The molecule has 0 saturated carbocycles. The van der Waals surface area contributed by atoms with Crippen LogP contribution < -0.4 is 5.32 Å². The Morgan fingerprint density at radius 1 is 1.26 bits per heavy atom. The van der Waals surface area contributed by atoms with E-state index in [1.807, 2.05) is 35.4 Å². The molecule has 2 rings (SSSR count). The van der Waals surface area contributed by atoms with Crippen LogP contribution in [0.1, 0.15) is 35.7 Å². The van der Waals surface area contributed by atoms with Gasteiger partial charge in [0, 0.05) is 25.2 Å². The molecule has 0 bridgehead atoms. The van der Waals surface area contributed by atoms with Gasteiger partial charge in [0.15, 0.2) is 0 Å². The Kier molecular flexibility index (Phi) is 6.96. The topological polar surface area (TPSA) is 49.4 Å². The minimum atomic E-state index is 0.0170. The number of benzene rings is 1. The first-order valence-corrected chi connectivity index (χ1v) is 9.67. The molecule has 0 radical (unpaired) electrons. The molecule has 0 unspecified atom stereocenters. The molecule has 5 heteroatoms. The summed E-state index contributed by atoms with van der Waals surface area (Å²) in [6.45, 7) is 4.38. The molecule has 0 atom stereocenters. The molecular weight excluding hydrogens is 308 g/mol. The van der Waals surface area contributed by atoms with E-state index in [1.165, 1.54) is 0 Å². The van der Waals surface area contributed by atoms with E-state index >= 15 is 0 Å². The SMILES string of the molecule is CCc1ccccc1C(=O)NCC1CCN(C(=O)CSC)CC1. The van der Waals surface area contributed by atoms with Crippen molar-refractivity contribution >= 4 is 23.6 Å². The largest absolute Gasteiger partial charge is 0.352 e. The number of nitrogens with zero attached hydrogens (tertiary/aromatic N) is 1. The standard InChI is InChI=1S/C18H26N2O2S/c1-3-15-6-4-5-7-16(15)18(22)19-12-14-8-10-20(11-9-14)17(21)13-23-2/h4-7,14H,3,8-13H2,1-2H3,(H,19,22). The Balaban J connectivity index is 1.79. The van der Waals surface area contributed by atoms with Crippen molar-refractivity contribution in [2.75, 3.05) is 31.6 Å². The summed E-state index contributed by atoms with van der Waals surface area (Å²) in [6, 6.07) is 7.77. The molecule has 1 fully saturated rings. The lowest BCUT2D eigenvalue weighted by Crippen LogP contribution is -2.42. The number of thioether (sulfide) groups is 1. The Morgan fingerprint density at radius 2 is 1.96 bits per heavy atom. The number of hydrogen-bond acceptors (Lipinski definition) is 3. The third kappa shape index (κ3) is 4.99. The van der Waals surface area contributed by atoms with Gasteiger partial charge in [0.05, 0.1) is 5.75 Å². The monoisotopic (exact) mass is 334 g/mol. The number of rotatable bonds is 6. The molecular formula is C18H26N2O2S.